The van der Waals surface area contributed by atoms with Crippen LogP contribution >= 0.6 is 0 Å². The molecule has 0 unspecified atom stereocenters. The van der Waals surface area contributed by atoms with Crippen LogP contribution in [0.15, 0.2) is 12.1 Å². The van der Waals surface area contributed by atoms with Crippen LogP contribution in [0.5, 0.6) is 0 Å². The Bertz CT molecular complexity index is 1010. The highest BCUT2D eigenvalue weighted by Gasteiger charge is 2.36. The molecule has 26 heavy (non-hydrogen) atoms. The summed E-state index contributed by atoms with van der Waals surface area (Å²) >= 11 is 0. The first-order valence-corrected chi connectivity index (χ1v) is 7.75. The number of hydrogen-bond acceptors (Lipinski definition) is 7. The molecule has 1 aliphatic rings. The molecule has 3 heterocycles. The fourth-order valence-corrected chi connectivity index (χ4v) is 3.02. The Labute approximate surface area is 144 Å². The third-order valence-corrected chi connectivity index (χ3v) is 4.23. The van der Waals surface area contributed by atoms with E-state index in [-0.39, 0.29) is 16.7 Å². The number of rotatable bonds is 2. The minimum absolute atomic E-state index is 0.0428. The van der Waals surface area contributed by atoms with Crippen molar-refractivity contribution in [1.29, 1.82) is 0 Å². The largest absolute Gasteiger partial charge is 0.417 e. The highest BCUT2D eigenvalue weighted by atomic mass is 19.4. The SMILES string of the molecule is NC(=O)c1cc2nc(N3CCNCC3)c3nnnn3c2cc1C(F)(F)F. The lowest BCUT2D eigenvalue weighted by Crippen LogP contribution is -2.44. The summed E-state index contributed by atoms with van der Waals surface area (Å²) in [7, 11) is 0. The van der Waals surface area contributed by atoms with Gasteiger partial charge in [0, 0.05) is 26.2 Å². The molecule has 0 saturated carbocycles. The normalized spacial score (nSPS) is 15.7. The minimum Gasteiger partial charge on any atom is -0.366 e. The summed E-state index contributed by atoms with van der Waals surface area (Å²) in [4.78, 5) is 17.9. The maximum absolute atomic E-state index is 13.3. The molecule has 0 bridgehead atoms. The molecule has 0 radical (unpaired) electrons. The zero-order valence-corrected chi connectivity index (χ0v) is 13.3. The summed E-state index contributed by atoms with van der Waals surface area (Å²) in [5.41, 5.74) is 3.80. The lowest BCUT2D eigenvalue weighted by atomic mass is 10.0. The van der Waals surface area contributed by atoms with Gasteiger partial charge < -0.3 is 16.0 Å². The number of nitrogens with zero attached hydrogens (tertiary/aromatic N) is 6. The monoisotopic (exact) mass is 366 g/mol. The zero-order valence-electron chi connectivity index (χ0n) is 13.3. The highest BCUT2D eigenvalue weighted by Crippen LogP contribution is 2.35. The Balaban J connectivity index is 2.02. The number of aromatic nitrogens is 5. The number of nitrogens with one attached hydrogen (secondary N) is 1. The first kappa shape index (κ1) is 16.4. The summed E-state index contributed by atoms with van der Waals surface area (Å²) in [5.74, 6) is -0.735. The average molecular weight is 366 g/mol. The Morgan fingerprint density at radius 2 is 1.96 bits per heavy atom. The van der Waals surface area contributed by atoms with Gasteiger partial charge in [0.2, 0.25) is 11.6 Å². The van der Waals surface area contributed by atoms with Crippen LogP contribution in [0.4, 0.5) is 19.0 Å². The van der Waals surface area contributed by atoms with Crippen molar-refractivity contribution in [3.05, 3.63) is 23.3 Å². The first-order valence-electron chi connectivity index (χ1n) is 7.75. The average Bonchev–Trinajstić information content (AvgIpc) is 3.09. The van der Waals surface area contributed by atoms with E-state index in [1.54, 1.807) is 0 Å². The number of carbonyl (C=O) groups is 1. The van der Waals surface area contributed by atoms with Gasteiger partial charge in [0.05, 0.1) is 22.2 Å². The molecule has 4 rings (SSSR count). The maximum Gasteiger partial charge on any atom is 0.417 e. The van der Waals surface area contributed by atoms with Gasteiger partial charge in [-0.1, -0.05) is 0 Å². The van der Waals surface area contributed by atoms with Crippen molar-refractivity contribution in [1.82, 2.24) is 30.3 Å². The molecular weight excluding hydrogens is 353 g/mol. The molecule has 2 aromatic heterocycles. The quantitative estimate of drug-likeness (QED) is 0.666. The summed E-state index contributed by atoms with van der Waals surface area (Å²) < 4.78 is 41.2. The lowest BCUT2D eigenvalue weighted by molar-refractivity contribution is -0.137. The number of nitrogens with two attached hydrogens (primary N) is 1. The standard InChI is InChI=1S/C14H13F3N8O/c15-14(16,17)8-6-10-9(5-7(8)11(18)26)20-12(13-21-22-23-25(10)13)24-3-1-19-2-4-24/h5-6,19H,1-4H2,(H2,18,26). The lowest BCUT2D eigenvalue weighted by Gasteiger charge is -2.28. The van der Waals surface area contributed by atoms with Crippen LogP contribution in [-0.2, 0) is 6.18 Å². The van der Waals surface area contributed by atoms with Crippen molar-refractivity contribution in [3.63, 3.8) is 0 Å². The van der Waals surface area contributed by atoms with Crippen molar-refractivity contribution < 1.29 is 18.0 Å². The van der Waals surface area contributed by atoms with E-state index in [4.69, 9.17) is 5.73 Å². The van der Waals surface area contributed by atoms with E-state index >= 15 is 0 Å². The van der Waals surface area contributed by atoms with Crippen molar-refractivity contribution in [2.24, 2.45) is 5.73 Å². The van der Waals surface area contributed by atoms with Gasteiger partial charge in [-0.25, -0.2) is 4.98 Å². The number of primary amides is 1. The number of anilines is 1. The maximum atomic E-state index is 13.3. The Kier molecular flexibility index (Phi) is 3.64. The molecule has 9 nitrogen and oxygen atoms in total. The Hall–Kier alpha value is -3.02. The van der Waals surface area contributed by atoms with Gasteiger partial charge in [0.25, 0.3) is 0 Å². The van der Waals surface area contributed by atoms with Gasteiger partial charge in [-0.2, -0.15) is 17.7 Å². The number of fused-ring (bicyclic) bond motifs is 3. The van der Waals surface area contributed by atoms with Gasteiger partial charge in [-0.15, -0.1) is 5.10 Å². The van der Waals surface area contributed by atoms with Crippen molar-refractivity contribution in [2.45, 2.75) is 6.18 Å². The number of piperazine rings is 1. The zero-order chi connectivity index (χ0) is 18.5. The van der Waals surface area contributed by atoms with E-state index in [2.05, 4.69) is 25.8 Å². The van der Waals surface area contributed by atoms with E-state index in [9.17, 15) is 18.0 Å². The molecule has 0 spiro atoms. The van der Waals surface area contributed by atoms with E-state index < -0.39 is 23.2 Å². The number of benzene rings is 1. The molecule has 0 aliphatic carbocycles. The number of alkyl halides is 3. The van der Waals surface area contributed by atoms with Crippen molar-refractivity contribution >= 4 is 28.4 Å². The predicted molar refractivity (Wildman–Crippen MR) is 84.7 cm³/mol. The second-order valence-corrected chi connectivity index (χ2v) is 5.84. The molecule has 0 atom stereocenters. The Morgan fingerprint density at radius 1 is 1.23 bits per heavy atom. The van der Waals surface area contributed by atoms with Gasteiger partial charge in [-0.3, -0.25) is 4.79 Å². The summed E-state index contributed by atoms with van der Waals surface area (Å²) in [6.45, 7) is 2.74. The predicted octanol–water partition coefficient (Wildman–Crippen LogP) is 0.200. The van der Waals surface area contributed by atoms with E-state index in [0.717, 1.165) is 25.2 Å². The van der Waals surface area contributed by atoms with Gasteiger partial charge in [-0.05, 0) is 22.6 Å². The number of tetrazole rings is 1. The molecule has 1 saturated heterocycles. The molecule has 3 N–H and O–H groups in total. The minimum atomic E-state index is -4.75. The third kappa shape index (κ3) is 2.58. The molecule has 1 fully saturated rings. The molecule has 136 valence electrons. The van der Waals surface area contributed by atoms with Crippen molar-refractivity contribution in [2.75, 3.05) is 31.1 Å². The number of carbonyl (C=O) groups excluding carboxylic acids is 1. The molecular formula is C14H13F3N8O. The molecule has 1 aromatic carbocycles. The smallest absolute Gasteiger partial charge is 0.366 e. The van der Waals surface area contributed by atoms with Crippen LogP contribution < -0.4 is 16.0 Å². The van der Waals surface area contributed by atoms with Crippen LogP contribution in [0.1, 0.15) is 15.9 Å². The second-order valence-electron chi connectivity index (χ2n) is 5.84. The highest BCUT2D eigenvalue weighted by molar-refractivity contribution is 5.99. The van der Waals surface area contributed by atoms with Crippen LogP contribution in [-0.4, -0.2) is 57.1 Å². The fraction of sp³-hybridized carbons (Fsp3) is 0.357. The molecule has 12 heteroatoms. The van der Waals surface area contributed by atoms with Crippen LogP contribution in [0.25, 0.3) is 16.7 Å². The summed E-state index contributed by atoms with van der Waals surface area (Å²) in [6.07, 6.45) is -4.75. The summed E-state index contributed by atoms with van der Waals surface area (Å²) in [5, 5.41) is 14.4. The topological polar surface area (TPSA) is 114 Å². The number of halogens is 3. The number of amides is 1. The van der Waals surface area contributed by atoms with E-state index in [1.165, 1.54) is 4.52 Å². The van der Waals surface area contributed by atoms with Crippen LogP contribution in [0.3, 0.4) is 0 Å². The van der Waals surface area contributed by atoms with Gasteiger partial charge >= 0.3 is 6.18 Å². The van der Waals surface area contributed by atoms with E-state index in [0.29, 0.717) is 18.9 Å². The fourth-order valence-electron chi connectivity index (χ4n) is 3.02. The van der Waals surface area contributed by atoms with Gasteiger partial charge in [0.15, 0.2) is 5.82 Å². The third-order valence-electron chi connectivity index (χ3n) is 4.23. The second kappa shape index (κ2) is 5.76. The van der Waals surface area contributed by atoms with Gasteiger partial charge in [0.1, 0.15) is 0 Å². The Morgan fingerprint density at radius 3 is 2.62 bits per heavy atom. The van der Waals surface area contributed by atoms with Crippen LogP contribution in [0.2, 0.25) is 0 Å². The first-order chi connectivity index (χ1) is 12.4. The van der Waals surface area contributed by atoms with Crippen LogP contribution in [0, 0.1) is 0 Å². The summed E-state index contributed by atoms with van der Waals surface area (Å²) in [6, 6.07) is 1.83. The molecule has 1 amide bonds. The van der Waals surface area contributed by atoms with Crippen molar-refractivity contribution in [3.8, 4) is 0 Å². The number of hydrogen-bond donors (Lipinski definition) is 2. The molecule has 1 aliphatic heterocycles. The van der Waals surface area contributed by atoms with E-state index in [1.807, 2.05) is 4.90 Å². The molecule has 3 aromatic rings.